The Hall–Kier alpha value is -4.31. The summed E-state index contributed by atoms with van der Waals surface area (Å²) in [5.41, 5.74) is 4.32. The van der Waals surface area contributed by atoms with Gasteiger partial charge in [-0.1, -0.05) is 6.07 Å². The van der Waals surface area contributed by atoms with Gasteiger partial charge in [-0.05, 0) is 67.8 Å². The number of aryl methyl sites for hydroxylation is 1. The lowest BCUT2D eigenvalue weighted by Gasteiger charge is -2.16. The minimum atomic E-state index is -0.675. The van der Waals surface area contributed by atoms with E-state index in [1.54, 1.807) is 36.8 Å². The standard InChI is InChI=1S/C26H24N6O/c1-16-5-6-17(25(33)32-24-11-20(7-8-29-24)26(2,3)15-27)10-21(16)18-9-19-14-31-23(28-4)12-22(19)30-13-18/h5-14H,1-4H3,(H,28,31)(H,29,32,33). The third-order valence-corrected chi connectivity index (χ3v) is 5.64. The fraction of sp³-hybridized carbons (Fsp3) is 0.192. The first-order valence-electron chi connectivity index (χ1n) is 10.5. The maximum Gasteiger partial charge on any atom is 0.256 e. The third kappa shape index (κ3) is 4.51. The van der Waals surface area contributed by atoms with Crippen LogP contribution in [0.25, 0.3) is 22.0 Å². The molecule has 1 aromatic carbocycles. The van der Waals surface area contributed by atoms with Crippen LogP contribution in [0.3, 0.4) is 0 Å². The number of aromatic nitrogens is 3. The van der Waals surface area contributed by atoms with Crippen LogP contribution in [-0.4, -0.2) is 27.9 Å². The fourth-order valence-corrected chi connectivity index (χ4v) is 3.52. The second-order valence-electron chi connectivity index (χ2n) is 8.39. The first-order valence-corrected chi connectivity index (χ1v) is 10.5. The van der Waals surface area contributed by atoms with E-state index in [-0.39, 0.29) is 5.91 Å². The molecule has 0 saturated carbocycles. The molecule has 1 amide bonds. The topological polar surface area (TPSA) is 104 Å². The van der Waals surface area contributed by atoms with E-state index in [1.165, 1.54) is 0 Å². The molecule has 4 aromatic rings. The number of anilines is 2. The number of amides is 1. The Morgan fingerprint density at radius 3 is 2.58 bits per heavy atom. The number of carbonyl (C=O) groups excluding carboxylic acids is 1. The molecule has 0 aliphatic heterocycles. The van der Waals surface area contributed by atoms with Crippen LogP contribution in [-0.2, 0) is 5.41 Å². The second kappa shape index (κ2) is 8.67. The van der Waals surface area contributed by atoms with Crippen molar-refractivity contribution in [3.8, 4) is 17.2 Å². The summed E-state index contributed by atoms with van der Waals surface area (Å²) in [4.78, 5) is 26.1. The highest BCUT2D eigenvalue weighted by molar-refractivity contribution is 6.04. The summed E-state index contributed by atoms with van der Waals surface area (Å²) >= 11 is 0. The third-order valence-electron chi connectivity index (χ3n) is 5.64. The Labute approximate surface area is 192 Å². The van der Waals surface area contributed by atoms with Gasteiger partial charge in [0.15, 0.2) is 0 Å². The molecule has 7 heteroatoms. The number of hydrogen-bond acceptors (Lipinski definition) is 6. The molecule has 4 rings (SSSR count). The van der Waals surface area contributed by atoms with Crippen LogP contribution in [0.1, 0.15) is 35.3 Å². The predicted molar refractivity (Wildman–Crippen MR) is 130 cm³/mol. The molecule has 0 fully saturated rings. The molecule has 3 aromatic heterocycles. The van der Waals surface area contributed by atoms with E-state index < -0.39 is 5.41 Å². The predicted octanol–water partition coefficient (Wildman–Crippen LogP) is 5.10. The number of nitriles is 1. The maximum absolute atomic E-state index is 13.0. The van der Waals surface area contributed by atoms with Gasteiger partial charge in [0.05, 0.1) is 17.0 Å². The van der Waals surface area contributed by atoms with Crippen molar-refractivity contribution < 1.29 is 4.79 Å². The van der Waals surface area contributed by atoms with Gasteiger partial charge in [-0.2, -0.15) is 5.26 Å². The highest BCUT2D eigenvalue weighted by Crippen LogP contribution is 2.28. The minimum Gasteiger partial charge on any atom is -0.373 e. The highest BCUT2D eigenvalue weighted by Gasteiger charge is 2.20. The lowest BCUT2D eigenvalue weighted by molar-refractivity contribution is 0.102. The van der Waals surface area contributed by atoms with Crippen molar-refractivity contribution in [2.75, 3.05) is 17.7 Å². The van der Waals surface area contributed by atoms with Crippen molar-refractivity contribution in [2.45, 2.75) is 26.2 Å². The summed E-state index contributed by atoms with van der Waals surface area (Å²) in [5, 5.41) is 16.2. The normalized spacial score (nSPS) is 11.1. The minimum absolute atomic E-state index is 0.273. The molecule has 0 atom stereocenters. The average molecular weight is 437 g/mol. The van der Waals surface area contributed by atoms with Gasteiger partial charge >= 0.3 is 0 Å². The Kier molecular flexibility index (Phi) is 5.76. The summed E-state index contributed by atoms with van der Waals surface area (Å²) in [6.45, 7) is 5.65. The van der Waals surface area contributed by atoms with Gasteiger partial charge in [-0.25, -0.2) is 9.97 Å². The van der Waals surface area contributed by atoms with Crippen LogP contribution in [0.15, 0.2) is 61.1 Å². The molecule has 0 unspecified atom stereocenters. The van der Waals surface area contributed by atoms with Crippen molar-refractivity contribution in [1.29, 1.82) is 5.26 Å². The van der Waals surface area contributed by atoms with E-state index in [0.29, 0.717) is 11.4 Å². The number of fused-ring (bicyclic) bond motifs is 1. The Morgan fingerprint density at radius 2 is 1.82 bits per heavy atom. The SMILES string of the molecule is CNc1cc2ncc(-c3cc(C(=O)Nc4cc(C(C)(C)C#N)ccn4)ccc3C)cc2cn1. The largest absolute Gasteiger partial charge is 0.373 e. The van der Waals surface area contributed by atoms with Gasteiger partial charge < -0.3 is 10.6 Å². The van der Waals surface area contributed by atoms with Crippen molar-refractivity contribution in [3.63, 3.8) is 0 Å². The molecule has 164 valence electrons. The molecule has 0 radical (unpaired) electrons. The van der Waals surface area contributed by atoms with Gasteiger partial charge in [-0.15, -0.1) is 0 Å². The van der Waals surface area contributed by atoms with E-state index in [1.807, 2.05) is 52.1 Å². The maximum atomic E-state index is 13.0. The molecule has 0 saturated heterocycles. The Bertz CT molecular complexity index is 1400. The number of carbonyl (C=O) groups is 1. The van der Waals surface area contributed by atoms with Crippen LogP contribution in [0.5, 0.6) is 0 Å². The van der Waals surface area contributed by atoms with Gasteiger partial charge in [0, 0.05) is 48.2 Å². The molecule has 0 aliphatic rings. The van der Waals surface area contributed by atoms with E-state index in [2.05, 4.69) is 31.7 Å². The summed E-state index contributed by atoms with van der Waals surface area (Å²) in [6, 6.07) is 15.2. The van der Waals surface area contributed by atoms with E-state index in [4.69, 9.17) is 0 Å². The zero-order valence-electron chi connectivity index (χ0n) is 19.0. The number of pyridine rings is 3. The monoisotopic (exact) mass is 436 g/mol. The average Bonchev–Trinajstić information content (AvgIpc) is 2.83. The summed E-state index contributed by atoms with van der Waals surface area (Å²) in [6.07, 6.45) is 5.19. The fourth-order valence-electron chi connectivity index (χ4n) is 3.52. The molecule has 3 heterocycles. The molecule has 0 bridgehead atoms. The van der Waals surface area contributed by atoms with Crippen LogP contribution in [0, 0.1) is 18.3 Å². The van der Waals surface area contributed by atoms with Crippen LogP contribution in [0.4, 0.5) is 11.6 Å². The molecular weight excluding hydrogens is 412 g/mol. The number of hydrogen-bond donors (Lipinski definition) is 2. The highest BCUT2D eigenvalue weighted by atomic mass is 16.1. The van der Waals surface area contributed by atoms with Crippen LogP contribution in [0.2, 0.25) is 0 Å². The summed E-state index contributed by atoms with van der Waals surface area (Å²) in [5.74, 6) is 0.889. The van der Waals surface area contributed by atoms with E-state index in [9.17, 15) is 10.1 Å². The molecule has 0 spiro atoms. The zero-order chi connectivity index (χ0) is 23.6. The Morgan fingerprint density at radius 1 is 1.00 bits per heavy atom. The molecule has 0 aliphatic carbocycles. The van der Waals surface area contributed by atoms with Gasteiger partial charge in [0.2, 0.25) is 0 Å². The van der Waals surface area contributed by atoms with Crippen molar-refractivity contribution in [2.24, 2.45) is 0 Å². The quantitative estimate of drug-likeness (QED) is 0.451. The second-order valence-corrected chi connectivity index (χ2v) is 8.39. The molecular formula is C26H24N6O. The smallest absolute Gasteiger partial charge is 0.256 e. The Balaban J connectivity index is 1.64. The van der Waals surface area contributed by atoms with Crippen molar-refractivity contribution in [1.82, 2.24) is 15.0 Å². The van der Waals surface area contributed by atoms with E-state index >= 15 is 0 Å². The van der Waals surface area contributed by atoms with Gasteiger partial charge in [-0.3, -0.25) is 9.78 Å². The first kappa shape index (κ1) is 21.9. The number of benzene rings is 1. The molecule has 33 heavy (non-hydrogen) atoms. The van der Waals surface area contributed by atoms with Crippen molar-refractivity contribution >= 4 is 28.4 Å². The number of nitrogens with zero attached hydrogens (tertiary/aromatic N) is 4. The summed E-state index contributed by atoms with van der Waals surface area (Å²) in [7, 11) is 1.82. The molecule has 2 N–H and O–H groups in total. The zero-order valence-corrected chi connectivity index (χ0v) is 19.0. The van der Waals surface area contributed by atoms with Crippen LogP contribution >= 0.6 is 0 Å². The summed E-state index contributed by atoms with van der Waals surface area (Å²) < 4.78 is 0. The van der Waals surface area contributed by atoms with E-state index in [0.717, 1.165) is 39.0 Å². The lowest BCUT2D eigenvalue weighted by Crippen LogP contribution is -2.17. The molecule has 7 nitrogen and oxygen atoms in total. The van der Waals surface area contributed by atoms with Gasteiger partial charge in [0.25, 0.3) is 5.91 Å². The lowest BCUT2D eigenvalue weighted by atomic mass is 9.87. The first-order chi connectivity index (χ1) is 15.8. The number of rotatable bonds is 5. The van der Waals surface area contributed by atoms with Gasteiger partial charge in [0.1, 0.15) is 11.6 Å². The number of nitrogens with one attached hydrogen (secondary N) is 2. The van der Waals surface area contributed by atoms with Crippen molar-refractivity contribution in [3.05, 3.63) is 77.7 Å². The van der Waals surface area contributed by atoms with Crippen LogP contribution < -0.4 is 10.6 Å².